The van der Waals surface area contributed by atoms with Gasteiger partial charge in [0.2, 0.25) is 15.9 Å². The van der Waals surface area contributed by atoms with Crippen molar-refractivity contribution < 1.29 is 17.6 Å². The summed E-state index contributed by atoms with van der Waals surface area (Å²) in [4.78, 5) is 13.0. The number of para-hydroxylation sites is 1. The molecule has 1 saturated heterocycles. The first kappa shape index (κ1) is 19.7. The average Bonchev–Trinajstić information content (AvgIpc) is 3.16. The fourth-order valence-corrected chi connectivity index (χ4v) is 4.69. The molecule has 2 heterocycles. The molecule has 1 aliphatic rings. The Morgan fingerprint density at radius 2 is 1.72 bits per heavy atom. The predicted molar refractivity (Wildman–Crippen MR) is 112 cm³/mol. The van der Waals surface area contributed by atoms with Crippen LogP contribution in [0, 0.1) is 5.92 Å². The molecule has 4 rings (SSSR count). The number of amides is 1. The topological polar surface area (TPSA) is 79.6 Å². The van der Waals surface area contributed by atoms with Crippen molar-refractivity contribution >= 4 is 26.9 Å². The van der Waals surface area contributed by atoms with E-state index >= 15 is 0 Å². The molecule has 2 aromatic carbocycles. The third-order valence-corrected chi connectivity index (χ3v) is 6.75. The van der Waals surface area contributed by atoms with Crippen molar-refractivity contribution in [3.05, 3.63) is 72.0 Å². The third-order valence-electron chi connectivity index (χ3n) is 5.44. The molecule has 0 unspecified atom stereocenters. The van der Waals surface area contributed by atoms with E-state index in [1.165, 1.54) is 10.6 Å². The van der Waals surface area contributed by atoms with E-state index in [2.05, 4.69) is 5.32 Å². The number of benzene rings is 2. The smallest absolute Gasteiger partial charge is 0.224 e. The second-order valence-corrected chi connectivity index (χ2v) is 9.46. The van der Waals surface area contributed by atoms with E-state index in [1.54, 1.807) is 0 Å². The fourth-order valence-electron chi connectivity index (χ4n) is 3.82. The number of nitrogens with one attached hydrogen (secondary N) is 1. The maximum absolute atomic E-state index is 13.0. The highest BCUT2D eigenvalue weighted by Gasteiger charge is 2.31. The molecule has 0 radical (unpaired) electrons. The molecular weight excluding hydrogens is 388 g/mol. The summed E-state index contributed by atoms with van der Waals surface area (Å²) in [5.41, 5.74) is 1.72. The van der Waals surface area contributed by atoms with Crippen molar-refractivity contribution in [3.63, 3.8) is 0 Å². The summed E-state index contributed by atoms with van der Waals surface area (Å²) in [7, 11) is -3.21. The van der Waals surface area contributed by atoms with Crippen LogP contribution in [0.3, 0.4) is 0 Å². The highest BCUT2D eigenvalue weighted by atomic mass is 32.2. The van der Waals surface area contributed by atoms with Gasteiger partial charge in [-0.3, -0.25) is 4.79 Å². The Labute approximate surface area is 170 Å². The molecule has 0 spiro atoms. The van der Waals surface area contributed by atoms with Gasteiger partial charge in [-0.15, -0.1) is 0 Å². The van der Waals surface area contributed by atoms with E-state index in [9.17, 15) is 13.2 Å². The molecule has 29 heavy (non-hydrogen) atoms. The van der Waals surface area contributed by atoms with Crippen molar-refractivity contribution in [2.45, 2.75) is 18.9 Å². The van der Waals surface area contributed by atoms with Crippen LogP contribution < -0.4 is 5.32 Å². The van der Waals surface area contributed by atoms with E-state index in [-0.39, 0.29) is 11.8 Å². The zero-order chi connectivity index (χ0) is 20.4. The molecule has 1 amide bonds. The summed E-state index contributed by atoms with van der Waals surface area (Å²) >= 11 is 0. The highest BCUT2D eigenvalue weighted by Crippen LogP contribution is 2.29. The number of hydrogen-bond acceptors (Lipinski definition) is 4. The summed E-state index contributed by atoms with van der Waals surface area (Å²) < 4.78 is 30.9. The minimum absolute atomic E-state index is 0.0764. The Hall–Kier alpha value is -2.64. The van der Waals surface area contributed by atoms with Gasteiger partial charge in [0.25, 0.3) is 0 Å². The van der Waals surface area contributed by atoms with Crippen LogP contribution in [0.5, 0.6) is 0 Å². The Morgan fingerprint density at radius 3 is 2.38 bits per heavy atom. The van der Waals surface area contributed by atoms with Gasteiger partial charge >= 0.3 is 0 Å². The molecule has 1 aliphatic heterocycles. The molecule has 0 saturated carbocycles. The molecule has 0 bridgehead atoms. The Bertz CT molecular complexity index is 1070. The number of hydrogen-bond donors (Lipinski definition) is 1. The van der Waals surface area contributed by atoms with Crippen LogP contribution in [0.15, 0.2) is 65.1 Å². The first-order valence-corrected chi connectivity index (χ1v) is 11.6. The standard InChI is InChI=1S/C22H24N2O4S/c1-29(26,27)24-13-11-17(12-14-24)22(25)23-21(16-7-3-2-4-8-16)20-15-18-9-5-6-10-19(18)28-20/h2-10,15,17,21H,11-14H2,1H3,(H,23,25)/t21-/m0/s1. The number of carbonyl (C=O) groups excluding carboxylic acids is 1. The number of carbonyl (C=O) groups is 1. The summed E-state index contributed by atoms with van der Waals surface area (Å²) in [6, 6.07) is 19.0. The van der Waals surface area contributed by atoms with Gasteiger partial charge in [-0.1, -0.05) is 48.5 Å². The SMILES string of the molecule is CS(=O)(=O)N1CCC(C(=O)N[C@@H](c2ccccc2)c2cc3ccccc3o2)CC1. The van der Waals surface area contributed by atoms with Gasteiger partial charge in [-0.05, 0) is 30.5 Å². The lowest BCUT2D eigenvalue weighted by atomic mass is 9.95. The molecule has 7 heteroatoms. The Balaban J connectivity index is 1.55. The first-order valence-electron chi connectivity index (χ1n) is 9.71. The Morgan fingerprint density at radius 1 is 1.07 bits per heavy atom. The summed E-state index contributed by atoms with van der Waals surface area (Å²) in [5, 5.41) is 4.12. The van der Waals surface area contributed by atoms with E-state index in [0.717, 1.165) is 16.5 Å². The maximum atomic E-state index is 13.0. The maximum Gasteiger partial charge on any atom is 0.224 e. The quantitative estimate of drug-likeness (QED) is 0.697. The van der Waals surface area contributed by atoms with Crippen LogP contribution in [0.4, 0.5) is 0 Å². The summed E-state index contributed by atoms with van der Waals surface area (Å²) in [6.07, 6.45) is 2.24. The van der Waals surface area contributed by atoms with Gasteiger partial charge in [0.15, 0.2) is 0 Å². The minimum Gasteiger partial charge on any atom is -0.459 e. The van der Waals surface area contributed by atoms with Crippen molar-refractivity contribution in [3.8, 4) is 0 Å². The van der Waals surface area contributed by atoms with Crippen LogP contribution in [0.25, 0.3) is 11.0 Å². The van der Waals surface area contributed by atoms with Crippen molar-refractivity contribution in [1.82, 2.24) is 9.62 Å². The van der Waals surface area contributed by atoms with Crippen molar-refractivity contribution in [2.24, 2.45) is 5.92 Å². The monoisotopic (exact) mass is 412 g/mol. The molecule has 152 valence electrons. The van der Waals surface area contributed by atoms with Gasteiger partial charge in [0.1, 0.15) is 17.4 Å². The second kappa shape index (κ2) is 8.00. The lowest BCUT2D eigenvalue weighted by Crippen LogP contribution is -2.43. The number of rotatable bonds is 5. The van der Waals surface area contributed by atoms with E-state index in [0.29, 0.717) is 31.7 Å². The lowest BCUT2D eigenvalue weighted by Gasteiger charge is -2.30. The number of piperidine rings is 1. The average molecular weight is 413 g/mol. The Kier molecular flexibility index (Phi) is 5.43. The van der Waals surface area contributed by atoms with Gasteiger partial charge in [-0.2, -0.15) is 0 Å². The predicted octanol–water partition coefficient (Wildman–Crippen LogP) is 3.31. The highest BCUT2D eigenvalue weighted by molar-refractivity contribution is 7.88. The van der Waals surface area contributed by atoms with Crippen LogP contribution in [0.2, 0.25) is 0 Å². The van der Waals surface area contributed by atoms with Crippen LogP contribution in [-0.4, -0.2) is 38.0 Å². The number of nitrogens with zero attached hydrogens (tertiary/aromatic N) is 1. The first-order chi connectivity index (χ1) is 13.9. The van der Waals surface area contributed by atoms with E-state index in [1.807, 2.05) is 60.7 Å². The van der Waals surface area contributed by atoms with Gasteiger partial charge in [-0.25, -0.2) is 12.7 Å². The van der Waals surface area contributed by atoms with Crippen LogP contribution in [-0.2, 0) is 14.8 Å². The summed E-state index contributed by atoms with van der Waals surface area (Å²) in [5.74, 6) is 0.385. The van der Waals surface area contributed by atoms with Crippen LogP contribution >= 0.6 is 0 Å². The second-order valence-electron chi connectivity index (χ2n) is 7.48. The third kappa shape index (κ3) is 4.36. The van der Waals surface area contributed by atoms with E-state index < -0.39 is 16.1 Å². The molecule has 6 nitrogen and oxygen atoms in total. The number of fused-ring (bicyclic) bond motifs is 1. The minimum atomic E-state index is -3.21. The molecule has 1 aromatic heterocycles. The molecule has 1 fully saturated rings. The zero-order valence-corrected chi connectivity index (χ0v) is 17.1. The molecule has 1 N–H and O–H groups in total. The zero-order valence-electron chi connectivity index (χ0n) is 16.2. The molecule has 0 aliphatic carbocycles. The van der Waals surface area contributed by atoms with Gasteiger partial charge < -0.3 is 9.73 Å². The number of furan rings is 1. The van der Waals surface area contributed by atoms with Gasteiger partial charge in [0, 0.05) is 24.4 Å². The van der Waals surface area contributed by atoms with Crippen molar-refractivity contribution in [2.75, 3.05) is 19.3 Å². The largest absolute Gasteiger partial charge is 0.459 e. The molecule has 3 aromatic rings. The number of sulfonamides is 1. The fraction of sp³-hybridized carbons (Fsp3) is 0.318. The molecule has 1 atom stereocenters. The van der Waals surface area contributed by atoms with Gasteiger partial charge in [0.05, 0.1) is 6.26 Å². The van der Waals surface area contributed by atoms with Crippen LogP contribution in [0.1, 0.15) is 30.2 Å². The molecular formula is C22H24N2O4S. The lowest BCUT2D eigenvalue weighted by molar-refractivity contribution is -0.126. The van der Waals surface area contributed by atoms with Crippen molar-refractivity contribution in [1.29, 1.82) is 0 Å². The normalized spacial score (nSPS) is 17.3. The summed E-state index contributed by atoms with van der Waals surface area (Å²) in [6.45, 7) is 0.745. The van der Waals surface area contributed by atoms with E-state index in [4.69, 9.17) is 4.42 Å².